The van der Waals surface area contributed by atoms with Crippen molar-refractivity contribution in [3.8, 4) is 11.8 Å². The lowest BCUT2D eigenvalue weighted by molar-refractivity contribution is 0.350. The molecular weight excluding hydrogens is 290 g/mol. The number of imidazole rings is 1. The molecule has 6 nitrogen and oxygen atoms in total. The molecule has 0 spiro atoms. The first-order chi connectivity index (χ1) is 10.0. The van der Waals surface area contributed by atoms with Crippen LogP contribution >= 0.6 is 0 Å². The maximum Gasteiger partial charge on any atom is 0.240 e. The molecule has 0 fully saturated rings. The Bertz CT molecular complexity index is 772. The summed E-state index contributed by atoms with van der Waals surface area (Å²) in [7, 11) is -3.59. The summed E-state index contributed by atoms with van der Waals surface area (Å²) in [4.78, 5) is 6.82. The molecule has 0 amide bonds. The van der Waals surface area contributed by atoms with Crippen molar-refractivity contribution in [2.75, 3.05) is 6.61 Å². The summed E-state index contributed by atoms with van der Waals surface area (Å²) in [6.45, 7) is 1.69. The number of aliphatic hydroxyl groups is 1. The molecule has 2 rings (SSSR count). The number of aromatic amines is 1. The van der Waals surface area contributed by atoms with Gasteiger partial charge in [0.2, 0.25) is 10.0 Å². The molecule has 0 saturated heterocycles. The van der Waals surface area contributed by atoms with E-state index in [1.165, 1.54) is 12.4 Å². The summed E-state index contributed by atoms with van der Waals surface area (Å²) < 4.78 is 26.9. The quantitative estimate of drug-likeness (QED) is 0.719. The Hall–Kier alpha value is -2.14. The summed E-state index contributed by atoms with van der Waals surface area (Å²) in [6, 6.07) is 4.67. The summed E-state index contributed by atoms with van der Waals surface area (Å²) >= 11 is 0. The second kappa shape index (κ2) is 6.54. The van der Waals surface area contributed by atoms with Crippen LogP contribution in [-0.2, 0) is 16.6 Å². The zero-order valence-corrected chi connectivity index (χ0v) is 12.2. The van der Waals surface area contributed by atoms with E-state index >= 15 is 0 Å². The molecule has 0 atom stereocenters. The van der Waals surface area contributed by atoms with Crippen molar-refractivity contribution in [1.82, 2.24) is 14.7 Å². The molecule has 21 heavy (non-hydrogen) atoms. The van der Waals surface area contributed by atoms with Crippen LogP contribution in [0.2, 0.25) is 0 Å². The van der Waals surface area contributed by atoms with Crippen LogP contribution in [0.3, 0.4) is 0 Å². The fourth-order valence-corrected chi connectivity index (χ4v) is 2.81. The molecule has 3 N–H and O–H groups in total. The number of hydrogen-bond donors (Lipinski definition) is 3. The predicted molar refractivity (Wildman–Crippen MR) is 77.8 cm³/mol. The number of H-pyrrole nitrogens is 1. The van der Waals surface area contributed by atoms with E-state index < -0.39 is 10.0 Å². The zero-order chi connectivity index (χ0) is 15.3. The third kappa shape index (κ3) is 3.92. The Morgan fingerprint density at radius 3 is 2.86 bits per heavy atom. The summed E-state index contributed by atoms with van der Waals surface area (Å²) in [5.41, 5.74) is 2.11. The SMILES string of the molecule is Cc1cc(S(=O)(=O)NCc2cnc[nH]2)ccc1C#CCO. The molecule has 0 aliphatic carbocycles. The van der Waals surface area contributed by atoms with Gasteiger partial charge in [0, 0.05) is 17.5 Å². The number of rotatable bonds is 4. The lowest BCUT2D eigenvalue weighted by atomic mass is 10.1. The topological polar surface area (TPSA) is 95.1 Å². The third-order valence-electron chi connectivity index (χ3n) is 2.82. The van der Waals surface area contributed by atoms with E-state index in [9.17, 15) is 8.42 Å². The molecule has 1 aromatic carbocycles. The number of aliphatic hydroxyl groups excluding tert-OH is 1. The Morgan fingerprint density at radius 2 is 2.24 bits per heavy atom. The van der Waals surface area contributed by atoms with Crippen LogP contribution in [0.25, 0.3) is 0 Å². The van der Waals surface area contributed by atoms with Crippen molar-refractivity contribution in [2.45, 2.75) is 18.4 Å². The van der Waals surface area contributed by atoms with Crippen molar-refractivity contribution in [1.29, 1.82) is 0 Å². The van der Waals surface area contributed by atoms with Gasteiger partial charge < -0.3 is 10.1 Å². The van der Waals surface area contributed by atoms with E-state index in [2.05, 4.69) is 26.5 Å². The van der Waals surface area contributed by atoms with Gasteiger partial charge in [0.1, 0.15) is 6.61 Å². The highest BCUT2D eigenvalue weighted by Gasteiger charge is 2.14. The van der Waals surface area contributed by atoms with E-state index in [1.54, 1.807) is 25.3 Å². The van der Waals surface area contributed by atoms with E-state index in [4.69, 9.17) is 5.11 Å². The first-order valence-corrected chi connectivity index (χ1v) is 7.68. The Labute approximate surface area is 123 Å². The second-order valence-corrected chi connectivity index (χ2v) is 6.10. The smallest absolute Gasteiger partial charge is 0.240 e. The van der Waals surface area contributed by atoms with Crippen molar-refractivity contribution in [3.05, 3.63) is 47.5 Å². The molecule has 0 radical (unpaired) electrons. The van der Waals surface area contributed by atoms with Crippen LogP contribution in [0.4, 0.5) is 0 Å². The predicted octanol–water partition coefficient (Wildman–Crippen LogP) is 0.540. The van der Waals surface area contributed by atoms with Gasteiger partial charge in [-0.05, 0) is 30.7 Å². The lowest BCUT2D eigenvalue weighted by Crippen LogP contribution is -2.23. The van der Waals surface area contributed by atoms with Gasteiger partial charge in [0.15, 0.2) is 0 Å². The van der Waals surface area contributed by atoms with Crippen LogP contribution < -0.4 is 4.72 Å². The number of sulfonamides is 1. The van der Waals surface area contributed by atoms with Gasteiger partial charge >= 0.3 is 0 Å². The minimum absolute atomic E-state index is 0.146. The van der Waals surface area contributed by atoms with Crippen LogP contribution in [0.5, 0.6) is 0 Å². The summed E-state index contributed by atoms with van der Waals surface area (Å²) in [6.07, 6.45) is 3.05. The van der Waals surface area contributed by atoms with Crippen LogP contribution in [0.15, 0.2) is 35.6 Å². The van der Waals surface area contributed by atoms with Crippen LogP contribution in [-0.4, -0.2) is 30.1 Å². The average Bonchev–Trinajstić information content (AvgIpc) is 2.97. The zero-order valence-electron chi connectivity index (χ0n) is 11.4. The van der Waals surface area contributed by atoms with E-state index in [-0.39, 0.29) is 18.0 Å². The van der Waals surface area contributed by atoms with Gasteiger partial charge in [-0.2, -0.15) is 0 Å². The first-order valence-electron chi connectivity index (χ1n) is 6.20. The molecule has 0 aliphatic heterocycles. The molecule has 7 heteroatoms. The van der Waals surface area contributed by atoms with E-state index in [0.29, 0.717) is 11.3 Å². The van der Waals surface area contributed by atoms with E-state index in [0.717, 1.165) is 5.56 Å². The molecule has 0 bridgehead atoms. The Kier molecular flexibility index (Phi) is 4.75. The highest BCUT2D eigenvalue weighted by Crippen LogP contribution is 2.15. The minimum atomic E-state index is -3.59. The van der Waals surface area contributed by atoms with Gasteiger partial charge in [0.25, 0.3) is 0 Å². The standard InChI is InChI=1S/C14H15N3O3S/c1-11-7-14(5-4-12(11)3-2-6-18)21(19,20)17-9-13-8-15-10-16-13/h4-5,7-8,10,17-18H,6,9H2,1H3,(H,15,16). The second-order valence-electron chi connectivity index (χ2n) is 4.34. The molecule has 0 unspecified atom stereocenters. The molecule has 110 valence electrons. The van der Waals surface area contributed by atoms with Gasteiger partial charge in [0.05, 0.1) is 17.8 Å². The van der Waals surface area contributed by atoms with Gasteiger partial charge in [-0.25, -0.2) is 18.1 Å². The molecule has 2 aromatic rings. The van der Waals surface area contributed by atoms with Crippen molar-refractivity contribution in [2.24, 2.45) is 0 Å². The maximum absolute atomic E-state index is 12.2. The summed E-state index contributed by atoms with van der Waals surface area (Å²) in [5, 5.41) is 8.68. The van der Waals surface area contributed by atoms with Crippen LogP contribution in [0.1, 0.15) is 16.8 Å². The molecular formula is C14H15N3O3S. The number of aromatic nitrogens is 2. The monoisotopic (exact) mass is 305 g/mol. The minimum Gasteiger partial charge on any atom is -0.384 e. The molecule has 0 saturated carbocycles. The normalized spacial score (nSPS) is 11.0. The fraction of sp³-hybridized carbons (Fsp3) is 0.214. The molecule has 1 heterocycles. The van der Waals surface area contributed by atoms with Crippen molar-refractivity contribution in [3.63, 3.8) is 0 Å². The maximum atomic E-state index is 12.2. The van der Waals surface area contributed by atoms with E-state index in [1.807, 2.05) is 0 Å². The Balaban J connectivity index is 2.18. The highest BCUT2D eigenvalue weighted by molar-refractivity contribution is 7.89. The molecule has 1 aromatic heterocycles. The number of benzene rings is 1. The van der Waals surface area contributed by atoms with Crippen molar-refractivity contribution >= 4 is 10.0 Å². The number of nitrogens with zero attached hydrogens (tertiary/aromatic N) is 1. The van der Waals surface area contributed by atoms with Gasteiger partial charge in [-0.1, -0.05) is 11.8 Å². The third-order valence-corrected chi connectivity index (χ3v) is 4.22. The number of nitrogens with one attached hydrogen (secondary N) is 2. The number of aryl methyl sites for hydroxylation is 1. The lowest BCUT2D eigenvalue weighted by Gasteiger charge is -2.07. The van der Waals surface area contributed by atoms with Crippen molar-refractivity contribution < 1.29 is 13.5 Å². The summed E-state index contributed by atoms with van der Waals surface area (Å²) in [5.74, 6) is 5.30. The highest BCUT2D eigenvalue weighted by atomic mass is 32.2. The van der Waals surface area contributed by atoms with Gasteiger partial charge in [-0.15, -0.1) is 0 Å². The Morgan fingerprint density at radius 1 is 1.43 bits per heavy atom. The first kappa shape index (κ1) is 15.3. The van der Waals surface area contributed by atoms with Gasteiger partial charge in [-0.3, -0.25) is 0 Å². The fourth-order valence-electron chi connectivity index (χ4n) is 1.72. The van der Waals surface area contributed by atoms with Crippen LogP contribution in [0, 0.1) is 18.8 Å². The largest absolute Gasteiger partial charge is 0.384 e. The number of hydrogen-bond acceptors (Lipinski definition) is 4. The average molecular weight is 305 g/mol. The molecule has 0 aliphatic rings.